The SMILES string of the molecule is CS(=O)(=O)OC(c1ccc(Cl)cn1)c1ccc(Cl)cn1. The van der Waals surface area contributed by atoms with Gasteiger partial charge in [0.05, 0.1) is 27.7 Å². The Morgan fingerprint density at radius 2 is 1.45 bits per heavy atom. The van der Waals surface area contributed by atoms with Crippen molar-refractivity contribution in [2.45, 2.75) is 6.10 Å². The molecule has 0 saturated heterocycles. The van der Waals surface area contributed by atoms with Crippen molar-refractivity contribution in [3.8, 4) is 0 Å². The summed E-state index contributed by atoms with van der Waals surface area (Å²) >= 11 is 11.5. The molecule has 0 aliphatic heterocycles. The third kappa shape index (κ3) is 4.14. The Hall–Kier alpha value is -1.21. The molecule has 5 nitrogen and oxygen atoms in total. The zero-order valence-electron chi connectivity index (χ0n) is 10.3. The Bertz CT molecular complexity index is 642. The van der Waals surface area contributed by atoms with E-state index in [1.165, 1.54) is 12.4 Å². The van der Waals surface area contributed by atoms with Gasteiger partial charge >= 0.3 is 0 Å². The molecule has 0 radical (unpaired) electrons. The highest BCUT2D eigenvalue weighted by Crippen LogP contribution is 2.26. The minimum Gasteiger partial charge on any atom is -0.256 e. The number of hydrogen-bond donors (Lipinski definition) is 0. The van der Waals surface area contributed by atoms with Gasteiger partial charge in [-0.1, -0.05) is 23.2 Å². The summed E-state index contributed by atoms with van der Waals surface area (Å²) in [6, 6.07) is 6.35. The van der Waals surface area contributed by atoms with Crippen molar-refractivity contribution >= 4 is 33.3 Å². The highest BCUT2D eigenvalue weighted by Gasteiger charge is 2.22. The molecule has 0 unspecified atom stereocenters. The summed E-state index contributed by atoms with van der Waals surface area (Å²) in [4.78, 5) is 8.13. The molecule has 0 fully saturated rings. The van der Waals surface area contributed by atoms with Crippen LogP contribution in [0, 0.1) is 0 Å². The van der Waals surface area contributed by atoms with Crippen LogP contribution in [-0.4, -0.2) is 24.6 Å². The van der Waals surface area contributed by atoms with Crippen molar-refractivity contribution in [2.75, 3.05) is 6.26 Å². The minimum absolute atomic E-state index is 0.384. The lowest BCUT2D eigenvalue weighted by Gasteiger charge is -2.15. The maximum Gasteiger partial charge on any atom is 0.265 e. The molecule has 2 aromatic heterocycles. The third-order valence-corrected chi connectivity index (χ3v) is 3.30. The van der Waals surface area contributed by atoms with E-state index in [9.17, 15) is 8.42 Å². The maximum absolute atomic E-state index is 11.4. The summed E-state index contributed by atoms with van der Waals surface area (Å²) in [5, 5.41) is 0.881. The molecule has 0 amide bonds. The first-order valence-corrected chi connectivity index (χ1v) is 8.03. The number of halogens is 2. The van der Waals surface area contributed by atoms with Crippen molar-refractivity contribution in [1.29, 1.82) is 0 Å². The molecular formula is C12H10Cl2N2O3S. The molecule has 0 aliphatic carbocycles. The molecule has 0 aliphatic rings. The molecule has 0 atom stereocenters. The number of nitrogens with zero attached hydrogens (tertiary/aromatic N) is 2. The first-order valence-electron chi connectivity index (χ1n) is 5.46. The Kier molecular flexibility index (Phi) is 4.59. The van der Waals surface area contributed by atoms with E-state index in [-0.39, 0.29) is 0 Å². The standard InChI is InChI=1S/C12H10Cl2N2O3S/c1-20(17,18)19-12(10-4-2-8(13)6-15-10)11-5-3-9(14)7-16-11/h2-7,12H,1H3. The highest BCUT2D eigenvalue weighted by molar-refractivity contribution is 7.86. The van der Waals surface area contributed by atoms with Crippen LogP contribution in [0.5, 0.6) is 0 Å². The van der Waals surface area contributed by atoms with E-state index in [0.717, 1.165) is 6.26 Å². The first kappa shape index (κ1) is 15.2. The van der Waals surface area contributed by atoms with Gasteiger partial charge in [0.1, 0.15) is 0 Å². The fourth-order valence-electron chi connectivity index (χ4n) is 1.51. The van der Waals surface area contributed by atoms with E-state index in [1.54, 1.807) is 24.3 Å². The van der Waals surface area contributed by atoms with Gasteiger partial charge in [-0.2, -0.15) is 8.42 Å². The average molecular weight is 333 g/mol. The Balaban J connectivity index is 2.44. The lowest BCUT2D eigenvalue weighted by Crippen LogP contribution is -2.14. The molecule has 20 heavy (non-hydrogen) atoms. The Morgan fingerprint density at radius 3 is 1.75 bits per heavy atom. The molecule has 2 aromatic rings. The van der Waals surface area contributed by atoms with Crippen LogP contribution in [0.4, 0.5) is 0 Å². The van der Waals surface area contributed by atoms with E-state index in [0.29, 0.717) is 21.4 Å². The second-order valence-electron chi connectivity index (χ2n) is 3.98. The van der Waals surface area contributed by atoms with Crippen LogP contribution in [0.2, 0.25) is 10.0 Å². The van der Waals surface area contributed by atoms with Gasteiger partial charge in [0.25, 0.3) is 10.1 Å². The van der Waals surface area contributed by atoms with E-state index in [2.05, 4.69) is 9.97 Å². The summed E-state index contributed by atoms with van der Waals surface area (Å²) in [7, 11) is -3.69. The fraction of sp³-hybridized carbons (Fsp3) is 0.167. The quantitative estimate of drug-likeness (QED) is 0.805. The van der Waals surface area contributed by atoms with Crippen LogP contribution >= 0.6 is 23.2 Å². The monoisotopic (exact) mass is 332 g/mol. The first-order chi connectivity index (χ1) is 9.35. The van der Waals surface area contributed by atoms with E-state index >= 15 is 0 Å². The zero-order chi connectivity index (χ0) is 14.8. The van der Waals surface area contributed by atoms with Crippen LogP contribution < -0.4 is 0 Å². The van der Waals surface area contributed by atoms with Crippen molar-refractivity contribution in [2.24, 2.45) is 0 Å². The van der Waals surface area contributed by atoms with Gasteiger partial charge in [0.2, 0.25) is 0 Å². The van der Waals surface area contributed by atoms with Crippen LogP contribution in [0.25, 0.3) is 0 Å². The lowest BCUT2D eigenvalue weighted by molar-refractivity contribution is 0.246. The minimum atomic E-state index is -3.69. The summed E-state index contributed by atoms with van der Waals surface area (Å²) in [5.74, 6) is 0. The molecule has 0 bridgehead atoms. The summed E-state index contributed by atoms with van der Waals surface area (Å²) in [5.41, 5.74) is 0.768. The average Bonchev–Trinajstić information content (AvgIpc) is 2.37. The van der Waals surface area contributed by atoms with E-state index in [1.807, 2.05) is 0 Å². The van der Waals surface area contributed by atoms with E-state index in [4.69, 9.17) is 27.4 Å². The van der Waals surface area contributed by atoms with Gasteiger partial charge in [-0.3, -0.25) is 14.2 Å². The molecule has 0 saturated carbocycles. The topological polar surface area (TPSA) is 69.2 Å². The molecule has 0 spiro atoms. The van der Waals surface area contributed by atoms with Gasteiger partial charge in [0, 0.05) is 12.4 Å². The second-order valence-corrected chi connectivity index (χ2v) is 6.46. The number of aromatic nitrogens is 2. The van der Waals surface area contributed by atoms with Crippen molar-refractivity contribution in [3.05, 3.63) is 58.1 Å². The molecule has 2 heterocycles. The van der Waals surface area contributed by atoms with Crippen LogP contribution in [0.3, 0.4) is 0 Å². The van der Waals surface area contributed by atoms with Crippen molar-refractivity contribution in [1.82, 2.24) is 9.97 Å². The number of pyridine rings is 2. The van der Waals surface area contributed by atoms with Gasteiger partial charge < -0.3 is 0 Å². The van der Waals surface area contributed by atoms with Crippen molar-refractivity contribution < 1.29 is 12.6 Å². The fourth-order valence-corrected chi connectivity index (χ4v) is 2.28. The molecular weight excluding hydrogens is 323 g/mol. The Morgan fingerprint density at radius 1 is 1.00 bits per heavy atom. The van der Waals surface area contributed by atoms with Crippen LogP contribution in [0.15, 0.2) is 36.7 Å². The summed E-state index contributed by atoms with van der Waals surface area (Å²) < 4.78 is 27.8. The molecule has 8 heteroatoms. The van der Waals surface area contributed by atoms with Gasteiger partial charge in [0.15, 0.2) is 6.10 Å². The largest absolute Gasteiger partial charge is 0.265 e. The normalized spacial score (nSPS) is 11.8. The lowest BCUT2D eigenvalue weighted by atomic mass is 10.1. The molecule has 0 aromatic carbocycles. The second kappa shape index (κ2) is 6.05. The summed E-state index contributed by atoms with van der Waals surface area (Å²) in [6.45, 7) is 0. The van der Waals surface area contributed by atoms with Crippen molar-refractivity contribution in [3.63, 3.8) is 0 Å². The zero-order valence-corrected chi connectivity index (χ0v) is 12.7. The predicted molar refractivity (Wildman–Crippen MR) is 76.3 cm³/mol. The van der Waals surface area contributed by atoms with E-state index < -0.39 is 16.2 Å². The molecule has 106 valence electrons. The van der Waals surface area contributed by atoms with Gasteiger partial charge in [-0.25, -0.2) is 0 Å². The molecule has 2 rings (SSSR count). The smallest absolute Gasteiger partial charge is 0.256 e. The Labute approximate surface area is 126 Å². The molecule has 0 N–H and O–H groups in total. The van der Waals surface area contributed by atoms with Crippen LogP contribution in [-0.2, 0) is 14.3 Å². The van der Waals surface area contributed by atoms with Crippen LogP contribution in [0.1, 0.15) is 17.5 Å². The predicted octanol–water partition coefficient (Wildman–Crippen LogP) is 2.85. The number of rotatable bonds is 4. The summed E-state index contributed by atoms with van der Waals surface area (Å²) in [6.07, 6.45) is 2.84. The maximum atomic E-state index is 11.4. The highest BCUT2D eigenvalue weighted by atomic mass is 35.5. The van der Waals surface area contributed by atoms with Gasteiger partial charge in [-0.15, -0.1) is 0 Å². The number of hydrogen-bond acceptors (Lipinski definition) is 5. The third-order valence-electron chi connectivity index (χ3n) is 2.31. The van der Waals surface area contributed by atoms with Gasteiger partial charge in [-0.05, 0) is 24.3 Å².